The van der Waals surface area contributed by atoms with Gasteiger partial charge in [-0.25, -0.2) is 22.0 Å². The molecule has 260 valence electrons. The molecule has 0 saturated carbocycles. The number of carbonyl (C=O) groups excluding carboxylic acids is 1. The lowest BCUT2D eigenvalue weighted by atomic mass is 9.76. The molecule has 2 aliphatic heterocycles. The summed E-state index contributed by atoms with van der Waals surface area (Å²) in [5.74, 6) is -2.57. The second-order valence-electron chi connectivity index (χ2n) is 12.3. The number of hydrogen-bond donors (Lipinski definition) is 2. The molecule has 0 bridgehead atoms. The highest BCUT2D eigenvalue weighted by molar-refractivity contribution is 7.89. The summed E-state index contributed by atoms with van der Waals surface area (Å²) in [6, 6.07) is 14.8. The zero-order chi connectivity index (χ0) is 35.1. The molecular weight excluding hydrogens is 658 g/mol. The highest BCUT2D eigenvalue weighted by atomic mass is 32.2. The van der Waals surface area contributed by atoms with Crippen molar-refractivity contribution in [3.63, 3.8) is 0 Å². The minimum Gasteiger partial charge on any atom is -0.465 e. The van der Waals surface area contributed by atoms with Gasteiger partial charge >= 0.3 is 6.09 Å². The van der Waals surface area contributed by atoms with Gasteiger partial charge in [-0.2, -0.15) is 4.31 Å². The van der Waals surface area contributed by atoms with Crippen LogP contribution in [0.15, 0.2) is 82.8 Å². The number of azide groups is 1. The van der Waals surface area contributed by atoms with Crippen molar-refractivity contribution in [1.82, 2.24) is 9.21 Å². The van der Waals surface area contributed by atoms with Crippen LogP contribution in [0.1, 0.15) is 43.2 Å². The summed E-state index contributed by atoms with van der Waals surface area (Å²) in [7, 11) is -4.05. The Hall–Kier alpha value is -4.56. The van der Waals surface area contributed by atoms with E-state index >= 15 is 4.39 Å². The van der Waals surface area contributed by atoms with Crippen LogP contribution in [0.2, 0.25) is 0 Å². The van der Waals surface area contributed by atoms with Crippen LogP contribution in [-0.4, -0.2) is 79.2 Å². The number of carboxylic acid groups (broad SMARTS) is 1. The summed E-state index contributed by atoms with van der Waals surface area (Å²) in [5.41, 5.74) is 10.3. The first-order valence-electron chi connectivity index (χ1n) is 16.0. The van der Waals surface area contributed by atoms with Gasteiger partial charge in [0.25, 0.3) is 0 Å². The van der Waals surface area contributed by atoms with Crippen LogP contribution in [-0.2, 0) is 26.0 Å². The molecule has 0 spiro atoms. The van der Waals surface area contributed by atoms with Crippen molar-refractivity contribution in [2.75, 3.05) is 31.6 Å². The monoisotopic (exact) mass is 696 g/mol. The minimum absolute atomic E-state index is 0.0318. The Kier molecular flexibility index (Phi) is 11.5. The fourth-order valence-electron chi connectivity index (χ4n) is 6.95. The smallest absolute Gasteiger partial charge is 0.407 e. The number of benzene rings is 3. The van der Waals surface area contributed by atoms with E-state index in [2.05, 4.69) is 15.3 Å². The number of nitrogens with zero attached hydrogens (tertiary/aromatic N) is 5. The van der Waals surface area contributed by atoms with Crippen LogP contribution in [0.5, 0.6) is 0 Å². The fraction of sp³-hybridized carbons (Fsp3) is 0.412. The van der Waals surface area contributed by atoms with Gasteiger partial charge in [-0.1, -0.05) is 41.5 Å². The van der Waals surface area contributed by atoms with Crippen molar-refractivity contribution >= 4 is 27.7 Å². The molecule has 2 saturated heterocycles. The lowest BCUT2D eigenvalue weighted by molar-refractivity contribution is -0.118. The number of rotatable bonds is 11. The van der Waals surface area contributed by atoms with Crippen LogP contribution in [0, 0.1) is 17.6 Å². The van der Waals surface area contributed by atoms with Crippen molar-refractivity contribution in [2.24, 2.45) is 11.0 Å². The summed E-state index contributed by atoms with van der Waals surface area (Å²) in [5, 5.41) is 16.4. The van der Waals surface area contributed by atoms with E-state index in [9.17, 15) is 33.0 Å². The second kappa shape index (κ2) is 15.8. The largest absolute Gasteiger partial charge is 0.465 e. The summed E-state index contributed by atoms with van der Waals surface area (Å²) < 4.78 is 63.8. The van der Waals surface area contributed by atoms with Crippen LogP contribution < -0.4 is 5.32 Å². The maximum Gasteiger partial charge on any atom is 0.407 e. The third kappa shape index (κ3) is 8.19. The van der Waals surface area contributed by atoms with Crippen molar-refractivity contribution in [1.29, 1.82) is 0 Å². The predicted octanol–water partition coefficient (Wildman–Crippen LogP) is 6.17. The van der Waals surface area contributed by atoms with Gasteiger partial charge in [-0.05, 0) is 86.0 Å². The third-order valence-electron chi connectivity index (χ3n) is 9.22. The van der Waals surface area contributed by atoms with E-state index in [0.29, 0.717) is 31.6 Å². The molecule has 2 aliphatic rings. The van der Waals surface area contributed by atoms with Gasteiger partial charge in [-0.3, -0.25) is 4.79 Å². The number of sulfonamides is 1. The van der Waals surface area contributed by atoms with Gasteiger partial charge in [0, 0.05) is 60.5 Å². The highest BCUT2D eigenvalue weighted by Gasteiger charge is 2.42. The fourth-order valence-corrected chi connectivity index (χ4v) is 8.80. The zero-order valence-electron chi connectivity index (χ0n) is 26.9. The van der Waals surface area contributed by atoms with E-state index in [1.807, 2.05) is 0 Å². The van der Waals surface area contributed by atoms with E-state index in [1.54, 1.807) is 37.3 Å². The van der Waals surface area contributed by atoms with E-state index < -0.39 is 57.7 Å². The Morgan fingerprint density at radius 3 is 2.39 bits per heavy atom. The highest BCUT2D eigenvalue weighted by Crippen LogP contribution is 2.37. The van der Waals surface area contributed by atoms with Crippen molar-refractivity contribution in [3.8, 4) is 0 Å². The molecule has 15 heteroatoms. The molecule has 4 atom stereocenters. The normalized spacial score (nSPS) is 20.2. The summed E-state index contributed by atoms with van der Waals surface area (Å²) in [6.07, 6.45) is -0.0659. The number of halogens is 2. The van der Waals surface area contributed by atoms with Crippen LogP contribution in [0.4, 0.5) is 19.3 Å². The molecule has 5 rings (SSSR count). The van der Waals surface area contributed by atoms with Crippen molar-refractivity contribution in [2.45, 2.75) is 61.5 Å². The van der Waals surface area contributed by atoms with E-state index in [-0.39, 0.29) is 48.0 Å². The molecule has 0 radical (unpaired) electrons. The summed E-state index contributed by atoms with van der Waals surface area (Å²) in [6.45, 7) is 2.34. The van der Waals surface area contributed by atoms with E-state index in [0.717, 1.165) is 4.90 Å². The molecule has 3 aromatic rings. The lowest BCUT2D eigenvalue weighted by Crippen LogP contribution is -2.60. The maximum atomic E-state index is 15.5. The first-order chi connectivity index (χ1) is 23.5. The summed E-state index contributed by atoms with van der Waals surface area (Å²) >= 11 is 0. The molecule has 2 heterocycles. The Morgan fingerprint density at radius 1 is 1.04 bits per heavy atom. The number of ether oxygens (including phenoxy) is 1. The van der Waals surface area contributed by atoms with Crippen LogP contribution in [0.3, 0.4) is 0 Å². The molecule has 49 heavy (non-hydrogen) atoms. The Bertz CT molecular complexity index is 1790. The molecule has 2 fully saturated rings. The SMILES string of the molecule is CC1CN(C(=O)O)CC(CCc2c(F)cccc2NC(=O)[C@@H](N=[N+]=[N-])[C@@H](c2ccc(F)cc2)C2CCOCC2)N1S(=O)(=O)c1ccccc1. The van der Waals surface area contributed by atoms with Gasteiger partial charge in [0.05, 0.1) is 4.90 Å². The molecule has 12 nitrogen and oxygen atoms in total. The van der Waals surface area contributed by atoms with Crippen molar-refractivity contribution in [3.05, 3.63) is 106 Å². The summed E-state index contributed by atoms with van der Waals surface area (Å²) in [4.78, 5) is 30.1. The number of piperazine rings is 1. The predicted molar refractivity (Wildman–Crippen MR) is 177 cm³/mol. The average molecular weight is 697 g/mol. The third-order valence-corrected chi connectivity index (χ3v) is 11.3. The molecule has 3 aromatic carbocycles. The number of nitrogens with one attached hydrogen (secondary N) is 1. The standard InChI is InChI=1S/C34H38F2N6O6S/c1-22-20-41(34(44)45)21-26(42(22)49(46,47)27-6-3-2-4-7-27)14-15-28-29(36)8-5-9-30(28)38-33(43)32(39-40-37)31(24-16-18-48-19-17-24)23-10-12-25(35)13-11-23/h2-13,22,24,26,31-32H,14-21H2,1H3,(H,38,43)(H,44,45)/t22?,26?,31-,32-/m0/s1. The number of amides is 2. The van der Waals surface area contributed by atoms with Gasteiger partial charge in [-0.15, -0.1) is 0 Å². The topological polar surface area (TPSA) is 165 Å². The first kappa shape index (κ1) is 35.7. The molecule has 2 N–H and O–H groups in total. The van der Waals surface area contributed by atoms with E-state index in [1.165, 1.54) is 46.8 Å². The Labute approximate surface area is 283 Å². The number of hydrogen-bond acceptors (Lipinski definition) is 6. The zero-order valence-corrected chi connectivity index (χ0v) is 27.7. The molecule has 2 unspecified atom stereocenters. The van der Waals surface area contributed by atoms with Gasteiger partial charge in [0.1, 0.15) is 17.7 Å². The molecular formula is C34H38F2N6O6S. The Morgan fingerprint density at radius 2 is 1.73 bits per heavy atom. The van der Waals surface area contributed by atoms with Crippen LogP contribution in [0.25, 0.3) is 10.4 Å². The maximum absolute atomic E-state index is 15.5. The average Bonchev–Trinajstić information content (AvgIpc) is 3.09. The molecule has 0 aromatic heterocycles. The lowest BCUT2D eigenvalue weighted by Gasteiger charge is -2.43. The second-order valence-corrected chi connectivity index (χ2v) is 14.2. The van der Waals surface area contributed by atoms with Gasteiger partial charge < -0.3 is 20.1 Å². The van der Waals surface area contributed by atoms with Gasteiger partial charge in [0.2, 0.25) is 15.9 Å². The Balaban J connectivity index is 1.43. The first-order valence-corrected chi connectivity index (χ1v) is 17.5. The quantitative estimate of drug-likeness (QED) is 0.138. The van der Waals surface area contributed by atoms with Crippen LogP contribution >= 0.6 is 0 Å². The number of anilines is 1. The number of carbonyl (C=O) groups is 2. The van der Waals surface area contributed by atoms with Crippen molar-refractivity contribution < 1.29 is 36.6 Å². The van der Waals surface area contributed by atoms with E-state index in [4.69, 9.17) is 4.74 Å². The minimum atomic E-state index is -4.05. The molecule has 0 aliphatic carbocycles. The van der Waals surface area contributed by atoms with Gasteiger partial charge in [0.15, 0.2) is 0 Å². The molecule has 2 amide bonds.